The molecule has 2 aromatic rings. The van der Waals surface area contributed by atoms with Crippen molar-refractivity contribution < 1.29 is 26.8 Å². The Labute approximate surface area is 165 Å². The lowest BCUT2D eigenvalue weighted by atomic mass is 9.76. The van der Waals surface area contributed by atoms with Crippen LogP contribution in [0.2, 0.25) is 5.02 Å². The van der Waals surface area contributed by atoms with Gasteiger partial charge in [-0.2, -0.15) is 0 Å². The van der Waals surface area contributed by atoms with E-state index < -0.39 is 55.8 Å². The van der Waals surface area contributed by atoms with Gasteiger partial charge in [0, 0.05) is 17.0 Å². The maximum absolute atomic E-state index is 14.7. The second-order valence-corrected chi connectivity index (χ2v) is 9.40. The van der Waals surface area contributed by atoms with Gasteiger partial charge < -0.3 is 5.73 Å². The standard InChI is InChI=1S/C19H16ClF2NO4S/c20-11-1-4-13(5-2-11)28(26,27)19(15-9-12(21)3-6-16(15)22)8-7-17(24)14(10-19)18(23)25/h1-6,9,14H,7-8,10H2,(H2,23,25). The van der Waals surface area contributed by atoms with Gasteiger partial charge in [0.2, 0.25) is 5.91 Å². The molecule has 2 N–H and O–H groups in total. The number of rotatable bonds is 4. The Morgan fingerprint density at radius 3 is 2.39 bits per heavy atom. The Kier molecular flexibility index (Phi) is 5.29. The number of amides is 1. The maximum Gasteiger partial charge on any atom is 0.228 e. The van der Waals surface area contributed by atoms with Crippen molar-refractivity contribution in [2.24, 2.45) is 11.7 Å². The molecule has 0 saturated heterocycles. The summed E-state index contributed by atoms with van der Waals surface area (Å²) in [5.41, 5.74) is 4.86. The average molecular weight is 428 g/mol. The van der Waals surface area contributed by atoms with Crippen LogP contribution in [-0.2, 0) is 24.2 Å². The predicted octanol–water partition coefficient (Wildman–Crippen LogP) is 3.14. The zero-order chi connectivity index (χ0) is 20.7. The van der Waals surface area contributed by atoms with E-state index in [0.29, 0.717) is 5.02 Å². The van der Waals surface area contributed by atoms with Crippen LogP contribution in [0, 0.1) is 17.6 Å². The second kappa shape index (κ2) is 7.25. The van der Waals surface area contributed by atoms with Crippen molar-refractivity contribution in [3.63, 3.8) is 0 Å². The molecule has 5 nitrogen and oxygen atoms in total. The van der Waals surface area contributed by atoms with E-state index >= 15 is 0 Å². The SMILES string of the molecule is NC(=O)C1CC(c2cc(F)ccc2F)(S(=O)(=O)c2ccc(Cl)cc2)CCC1=O. The van der Waals surface area contributed by atoms with Crippen LogP contribution in [0.1, 0.15) is 24.8 Å². The summed E-state index contributed by atoms with van der Waals surface area (Å²) in [5.74, 6) is -4.73. The van der Waals surface area contributed by atoms with Gasteiger partial charge in [0.1, 0.15) is 22.2 Å². The van der Waals surface area contributed by atoms with Gasteiger partial charge in [0.15, 0.2) is 9.84 Å². The molecule has 1 fully saturated rings. The zero-order valence-electron chi connectivity index (χ0n) is 14.5. The van der Waals surface area contributed by atoms with Crippen LogP contribution in [0.25, 0.3) is 0 Å². The number of nitrogens with two attached hydrogens (primary N) is 1. The van der Waals surface area contributed by atoms with Gasteiger partial charge in [-0.05, 0) is 55.3 Å². The molecule has 3 rings (SSSR count). The van der Waals surface area contributed by atoms with Crippen molar-refractivity contribution in [3.05, 3.63) is 64.7 Å². The second-order valence-electron chi connectivity index (χ2n) is 6.70. The molecule has 0 spiro atoms. The molecule has 9 heteroatoms. The number of Topliss-reactive ketones (excluding diaryl/α,β-unsaturated/α-hetero) is 1. The summed E-state index contributed by atoms with van der Waals surface area (Å²) in [6.07, 6.45) is -1.18. The van der Waals surface area contributed by atoms with Crippen molar-refractivity contribution in [2.75, 3.05) is 0 Å². The highest BCUT2D eigenvalue weighted by Crippen LogP contribution is 2.48. The number of hydrogen-bond acceptors (Lipinski definition) is 4. The molecule has 0 bridgehead atoms. The molecule has 0 radical (unpaired) electrons. The van der Waals surface area contributed by atoms with E-state index in [1.807, 2.05) is 0 Å². The van der Waals surface area contributed by atoms with E-state index in [9.17, 15) is 26.8 Å². The third-order valence-corrected chi connectivity index (χ3v) is 7.86. The van der Waals surface area contributed by atoms with Gasteiger partial charge in [-0.1, -0.05) is 11.6 Å². The van der Waals surface area contributed by atoms with Crippen molar-refractivity contribution in [3.8, 4) is 0 Å². The predicted molar refractivity (Wildman–Crippen MR) is 98.2 cm³/mol. The fourth-order valence-electron chi connectivity index (χ4n) is 3.62. The molecule has 1 amide bonds. The number of benzene rings is 2. The minimum absolute atomic E-state index is 0.182. The van der Waals surface area contributed by atoms with Gasteiger partial charge in [-0.3, -0.25) is 9.59 Å². The number of halogens is 3. The number of primary amides is 1. The summed E-state index contributed by atoms with van der Waals surface area (Å²) >= 11 is 5.82. The molecular weight excluding hydrogens is 412 g/mol. The lowest BCUT2D eigenvalue weighted by molar-refractivity contribution is -0.134. The normalized spacial score (nSPS) is 22.8. The zero-order valence-corrected chi connectivity index (χ0v) is 16.1. The quantitative estimate of drug-likeness (QED) is 0.758. The molecule has 0 aromatic heterocycles. The fourth-order valence-corrected chi connectivity index (χ4v) is 5.90. The van der Waals surface area contributed by atoms with Crippen molar-refractivity contribution in [1.82, 2.24) is 0 Å². The van der Waals surface area contributed by atoms with Crippen molar-refractivity contribution in [1.29, 1.82) is 0 Å². The van der Waals surface area contributed by atoms with E-state index in [1.54, 1.807) is 0 Å². The van der Waals surface area contributed by atoms with Crippen LogP contribution in [0.15, 0.2) is 47.4 Å². The van der Waals surface area contributed by atoms with E-state index in [1.165, 1.54) is 24.3 Å². The van der Waals surface area contributed by atoms with Crippen LogP contribution >= 0.6 is 11.6 Å². The fraction of sp³-hybridized carbons (Fsp3) is 0.263. The molecule has 2 atom stereocenters. The Hall–Kier alpha value is -2.32. The summed E-state index contributed by atoms with van der Waals surface area (Å²) in [6, 6.07) is 7.66. The summed E-state index contributed by atoms with van der Waals surface area (Å²) in [6.45, 7) is 0. The van der Waals surface area contributed by atoms with Gasteiger partial charge in [0.05, 0.1) is 10.8 Å². The molecule has 28 heavy (non-hydrogen) atoms. The third-order valence-electron chi connectivity index (χ3n) is 5.10. The highest BCUT2D eigenvalue weighted by Gasteiger charge is 2.54. The lowest BCUT2D eigenvalue weighted by Gasteiger charge is -2.39. The summed E-state index contributed by atoms with van der Waals surface area (Å²) < 4.78 is 53.7. The molecule has 148 valence electrons. The molecule has 1 aliphatic rings. The van der Waals surface area contributed by atoms with E-state index in [4.69, 9.17) is 17.3 Å². The number of carbonyl (C=O) groups is 2. The van der Waals surface area contributed by atoms with Gasteiger partial charge >= 0.3 is 0 Å². The van der Waals surface area contributed by atoms with Gasteiger partial charge in [0.25, 0.3) is 0 Å². The summed E-state index contributed by atoms with van der Waals surface area (Å²) in [7, 11) is -4.35. The van der Waals surface area contributed by atoms with E-state index in [0.717, 1.165) is 18.2 Å². The third kappa shape index (κ3) is 3.31. The Morgan fingerprint density at radius 1 is 1.14 bits per heavy atom. The first kappa shape index (κ1) is 20.4. The van der Waals surface area contributed by atoms with Crippen molar-refractivity contribution >= 4 is 33.1 Å². The number of ketones is 1. The van der Waals surface area contributed by atoms with Crippen LogP contribution < -0.4 is 5.73 Å². The summed E-state index contributed by atoms with van der Waals surface area (Å²) in [5, 5.41) is 0.291. The van der Waals surface area contributed by atoms with Crippen LogP contribution in [0.4, 0.5) is 8.78 Å². The first-order valence-electron chi connectivity index (χ1n) is 8.36. The van der Waals surface area contributed by atoms with Crippen molar-refractivity contribution in [2.45, 2.75) is 28.9 Å². The number of carbonyl (C=O) groups excluding carboxylic acids is 2. The maximum atomic E-state index is 14.7. The molecule has 1 saturated carbocycles. The molecule has 2 unspecified atom stereocenters. The highest BCUT2D eigenvalue weighted by molar-refractivity contribution is 7.92. The van der Waals surface area contributed by atoms with Gasteiger partial charge in [-0.15, -0.1) is 0 Å². The molecule has 2 aromatic carbocycles. The minimum Gasteiger partial charge on any atom is -0.369 e. The first-order chi connectivity index (χ1) is 13.1. The Morgan fingerprint density at radius 2 is 1.79 bits per heavy atom. The average Bonchev–Trinajstić information content (AvgIpc) is 2.64. The number of sulfone groups is 1. The van der Waals surface area contributed by atoms with E-state index in [2.05, 4.69) is 0 Å². The molecule has 0 aliphatic heterocycles. The number of hydrogen-bond donors (Lipinski definition) is 1. The highest BCUT2D eigenvalue weighted by atomic mass is 35.5. The molecular formula is C19H16ClF2NO4S. The van der Waals surface area contributed by atoms with Crippen LogP contribution in [0.3, 0.4) is 0 Å². The molecule has 1 aliphatic carbocycles. The Bertz CT molecular complexity index is 1060. The van der Waals surface area contributed by atoms with E-state index in [-0.39, 0.29) is 17.7 Å². The van der Waals surface area contributed by atoms with Crippen LogP contribution in [0.5, 0.6) is 0 Å². The monoisotopic (exact) mass is 427 g/mol. The minimum atomic E-state index is -4.35. The first-order valence-corrected chi connectivity index (χ1v) is 10.2. The van der Waals surface area contributed by atoms with Gasteiger partial charge in [-0.25, -0.2) is 17.2 Å². The topological polar surface area (TPSA) is 94.3 Å². The lowest BCUT2D eigenvalue weighted by Crippen LogP contribution is -2.47. The largest absolute Gasteiger partial charge is 0.369 e. The Balaban J connectivity index is 2.29. The molecule has 0 heterocycles. The summed E-state index contributed by atoms with van der Waals surface area (Å²) in [4.78, 5) is 23.7. The smallest absolute Gasteiger partial charge is 0.228 e. The van der Waals surface area contributed by atoms with Crippen LogP contribution in [-0.4, -0.2) is 20.1 Å².